The average Bonchev–Trinajstić information content (AvgIpc) is 3.06. The van der Waals surface area contributed by atoms with Crippen LogP contribution in [0.15, 0.2) is 54.6 Å². The first-order valence-electron chi connectivity index (χ1n) is 7.71. The van der Waals surface area contributed by atoms with Gasteiger partial charge in [0.2, 0.25) is 0 Å². The Morgan fingerprint density at radius 2 is 2.08 bits per heavy atom. The van der Waals surface area contributed by atoms with Gasteiger partial charge in [-0.15, -0.1) is 10.2 Å². The van der Waals surface area contributed by atoms with Crippen LogP contribution >= 0.6 is 11.6 Å². The monoisotopic (exact) mass is 369 g/mol. The van der Waals surface area contributed by atoms with Crippen molar-refractivity contribution < 1.29 is 9.84 Å². The van der Waals surface area contributed by atoms with Crippen molar-refractivity contribution in [2.24, 2.45) is 0 Å². The zero-order chi connectivity index (χ0) is 18.4. The van der Waals surface area contributed by atoms with E-state index < -0.39 is 0 Å². The summed E-state index contributed by atoms with van der Waals surface area (Å²) >= 11 is 5.91. The van der Waals surface area contributed by atoms with Gasteiger partial charge in [0, 0.05) is 16.8 Å². The molecule has 0 aliphatic heterocycles. The van der Waals surface area contributed by atoms with Crippen molar-refractivity contribution in [2.45, 2.75) is 6.61 Å². The van der Waals surface area contributed by atoms with Crippen LogP contribution in [0.3, 0.4) is 0 Å². The van der Waals surface area contributed by atoms with E-state index >= 15 is 0 Å². The third-order valence-electron chi connectivity index (χ3n) is 3.26. The fraction of sp³-hybridized carbons (Fsp3) is 0.0556. The molecular formula is C18H16ClN5O2. The van der Waals surface area contributed by atoms with Crippen LogP contribution in [0.4, 0.5) is 5.69 Å². The van der Waals surface area contributed by atoms with Gasteiger partial charge in [-0.05, 0) is 42.5 Å². The summed E-state index contributed by atoms with van der Waals surface area (Å²) in [5.41, 5.74) is 0.727. The second-order valence-electron chi connectivity index (χ2n) is 5.33. The minimum absolute atomic E-state index is 0.134. The van der Waals surface area contributed by atoms with E-state index in [1.807, 2.05) is 6.07 Å². The van der Waals surface area contributed by atoms with Crippen LogP contribution in [0.1, 0.15) is 11.6 Å². The van der Waals surface area contributed by atoms with Crippen molar-refractivity contribution in [3.8, 4) is 11.5 Å². The number of rotatable bonds is 6. The number of aromatic hydroxyl groups is 1. The number of hydrogen-bond acceptors (Lipinski definition) is 5. The molecule has 1 heterocycles. The lowest BCUT2D eigenvalue weighted by atomic mass is 10.3. The van der Waals surface area contributed by atoms with Gasteiger partial charge in [-0.1, -0.05) is 23.7 Å². The van der Waals surface area contributed by atoms with Gasteiger partial charge in [0.15, 0.2) is 11.6 Å². The van der Waals surface area contributed by atoms with Crippen LogP contribution in [0.2, 0.25) is 5.02 Å². The lowest BCUT2D eigenvalue weighted by Gasteiger charge is -2.04. The van der Waals surface area contributed by atoms with Gasteiger partial charge in [0.1, 0.15) is 23.9 Å². The Morgan fingerprint density at radius 1 is 1.23 bits per heavy atom. The number of halogens is 1. The van der Waals surface area contributed by atoms with E-state index in [9.17, 15) is 5.11 Å². The van der Waals surface area contributed by atoms with Crippen LogP contribution in [0, 0.1) is 5.41 Å². The van der Waals surface area contributed by atoms with E-state index in [1.54, 1.807) is 48.6 Å². The third-order valence-corrected chi connectivity index (χ3v) is 3.49. The predicted molar refractivity (Wildman–Crippen MR) is 101 cm³/mol. The molecule has 3 rings (SSSR count). The molecule has 0 aliphatic rings. The number of phenolic OH excluding ortho intramolecular Hbond substituents is 1. The maximum atomic E-state index is 9.40. The van der Waals surface area contributed by atoms with E-state index in [-0.39, 0.29) is 18.2 Å². The number of benzene rings is 2. The summed E-state index contributed by atoms with van der Waals surface area (Å²) in [6.07, 6.45) is 3.19. The van der Waals surface area contributed by atoms with Crippen molar-refractivity contribution in [3.05, 3.63) is 71.3 Å². The Hall–Kier alpha value is -3.32. The molecule has 0 aliphatic carbocycles. The number of aromatic amines is 1. The second kappa shape index (κ2) is 8.17. The Balaban J connectivity index is 1.54. The lowest BCUT2D eigenvalue weighted by Crippen LogP contribution is -2.06. The number of hydrogen-bond donors (Lipinski definition) is 4. The molecular weight excluding hydrogens is 354 g/mol. The highest BCUT2D eigenvalue weighted by molar-refractivity contribution is 6.30. The highest BCUT2D eigenvalue weighted by Crippen LogP contribution is 2.18. The van der Waals surface area contributed by atoms with Crippen LogP contribution in [0.5, 0.6) is 11.5 Å². The highest BCUT2D eigenvalue weighted by Gasteiger charge is 2.03. The average molecular weight is 370 g/mol. The molecule has 0 radical (unpaired) electrons. The molecule has 3 aromatic rings. The van der Waals surface area contributed by atoms with Gasteiger partial charge in [0.05, 0.1) is 0 Å². The maximum absolute atomic E-state index is 9.40. The molecule has 26 heavy (non-hydrogen) atoms. The quantitative estimate of drug-likeness (QED) is 0.390. The Morgan fingerprint density at radius 3 is 2.88 bits per heavy atom. The first kappa shape index (κ1) is 17.5. The van der Waals surface area contributed by atoms with Crippen molar-refractivity contribution in [3.63, 3.8) is 0 Å². The minimum Gasteiger partial charge on any atom is -0.508 e. The summed E-state index contributed by atoms with van der Waals surface area (Å²) in [6, 6.07) is 13.6. The van der Waals surface area contributed by atoms with Crippen LogP contribution in [-0.2, 0) is 6.61 Å². The smallest absolute Gasteiger partial charge is 0.168 e. The summed E-state index contributed by atoms with van der Waals surface area (Å²) in [4.78, 5) is 2.98. The molecule has 0 amide bonds. The van der Waals surface area contributed by atoms with E-state index in [0.29, 0.717) is 22.4 Å². The molecule has 0 fully saturated rings. The van der Waals surface area contributed by atoms with Crippen LogP contribution < -0.4 is 10.1 Å². The number of phenols is 1. The fourth-order valence-corrected chi connectivity index (χ4v) is 2.29. The zero-order valence-electron chi connectivity index (χ0n) is 13.6. The van der Waals surface area contributed by atoms with Crippen molar-refractivity contribution in [2.75, 3.05) is 5.32 Å². The molecule has 132 valence electrons. The van der Waals surface area contributed by atoms with Crippen LogP contribution in [0.25, 0.3) is 6.08 Å². The number of aromatic nitrogens is 3. The highest BCUT2D eigenvalue weighted by atomic mass is 35.5. The molecule has 0 saturated carbocycles. The molecule has 0 atom stereocenters. The van der Waals surface area contributed by atoms with E-state index in [0.717, 1.165) is 5.69 Å². The molecule has 0 bridgehead atoms. The molecule has 8 heteroatoms. The molecule has 0 saturated heterocycles. The number of nitrogens with zero attached hydrogens (tertiary/aromatic N) is 2. The normalized spacial score (nSPS) is 10.8. The minimum atomic E-state index is 0.134. The van der Waals surface area contributed by atoms with E-state index in [1.165, 1.54) is 6.07 Å². The van der Waals surface area contributed by atoms with Gasteiger partial charge in [-0.2, -0.15) is 0 Å². The molecule has 7 nitrogen and oxygen atoms in total. The summed E-state index contributed by atoms with van der Waals surface area (Å²) in [7, 11) is 0. The zero-order valence-corrected chi connectivity index (χ0v) is 14.4. The van der Waals surface area contributed by atoms with Gasteiger partial charge in [0.25, 0.3) is 0 Å². The van der Waals surface area contributed by atoms with Crippen LogP contribution in [-0.4, -0.2) is 26.1 Å². The van der Waals surface area contributed by atoms with Crippen molar-refractivity contribution in [1.29, 1.82) is 5.41 Å². The molecule has 0 unspecified atom stereocenters. The summed E-state index contributed by atoms with van der Waals surface area (Å²) in [6.45, 7) is 0.183. The lowest BCUT2D eigenvalue weighted by molar-refractivity contribution is 0.294. The van der Waals surface area contributed by atoms with E-state index in [4.69, 9.17) is 21.7 Å². The number of amidine groups is 1. The third kappa shape index (κ3) is 5.09. The topological polar surface area (TPSA) is 107 Å². The maximum Gasteiger partial charge on any atom is 0.168 e. The number of H-pyrrole nitrogens is 1. The molecule has 0 spiro atoms. The Labute approximate surface area is 154 Å². The standard InChI is InChI=1S/C18H16ClN5O2/c19-12-3-1-4-13(9-12)21-16(20)7-8-17-22-18(24-23-17)11-26-15-6-2-5-14(25)10-15/h1-10,25H,11H2,(H2,20,21)(H,22,23,24)/b8-7-. The fourth-order valence-electron chi connectivity index (χ4n) is 2.10. The number of nitrogens with one attached hydrogen (secondary N) is 3. The van der Waals surface area contributed by atoms with Gasteiger partial charge >= 0.3 is 0 Å². The number of ether oxygens (including phenoxy) is 1. The largest absolute Gasteiger partial charge is 0.508 e. The van der Waals surface area contributed by atoms with E-state index in [2.05, 4.69) is 20.5 Å². The SMILES string of the molecule is N=C(/C=C\c1nnc(COc2cccc(O)c2)[nH]1)Nc1cccc(Cl)c1. The molecule has 2 aromatic carbocycles. The first-order chi connectivity index (χ1) is 12.6. The van der Waals surface area contributed by atoms with Gasteiger partial charge in [-0.25, -0.2) is 0 Å². The summed E-state index contributed by atoms with van der Waals surface area (Å²) < 4.78 is 5.52. The first-order valence-corrected chi connectivity index (χ1v) is 8.09. The summed E-state index contributed by atoms with van der Waals surface area (Å²) in [5, 5.41) is 28.8. The molecule has 1 aromatic heterocycles. The predicted octanol–water partition coefficient (Wildman–Crippen LogP) is 3.85. The van der Waals surface area contributed by atoms with Crippen molar-refractivity contribution in [1.82, 2.24) is 15.2 Å². The van der Waals surface area contributed by atoms with Gasteiger partial charge < -0.3 is 20.1 Å². The molecule has 4 N–H and O–H groups in total. The Kier molecular flexibility index (Phi) is 5.50. The Bertz CT molecular complexity index is 939. The summed E-state index contributed by atoms with van der Waals surface area (Å²) in [5.74, 6) is 1.88. The second-order valence-corrected chi connectivity index (χ2v) is 5.76. The number of anilines is 1. The van der Waals surface area contributed by atoms with Gasteiger partial charge in [-0.3, -0.25) is 5.41 Å². The van der Waals surface area contributed by atoms with Crippen molar-refractivity contribution >= 4 is 29.2 Å².